The Bertz CT molecular complexity index is 635. The van der Waals surface area contributed by atoms with Gasteiger partial charge in [-0.15, -0.1) is 0 Å². The maximum Gasteiger partial charge on any atom is 0.271 e. The summed E-state index contributed by atoms with van der Waals surface area (Å²) in [4.78, 5) is 16.0. The molecule has 6 nitrogen and oxygen atoms in total. The third kappa shape index (κ3) is 3.46. The lowest BCUT2D eigenvalue weighted by Crippen LogP contribution is -2.21. The first-order valence-corrected chi connectivity index (χ1v) is 7.04. The van der Waals surface area contributed by atoms with Crippen LogP contribution < -0.4 is 11.1 Å². The van der Waals surface area contributed by atoms with Gasteiger partial charge in [0, 0.05) is 25.5 Å². The molecule has 0 aliphatic heterocycles. The quantitative estimate of drug-likeness (QED) is 0.865. The summed E-state index contributed by atoms with van der Waals surface area (Å²) in [5.74, 6) is 0.510. The summed E-state index contributed by atoms with van der Waals surface area (Å²) in [6.07, 6.45) is 5.30. The number of aromatic nitrogens is 3. The number of carbonyl (C=O) groups is 1. The summed E-state index contributed by atoms with van der Waals surface area (Å²) >= 11 is 0. The largest absolute Gasteiger partial charge is 0.354 e. The minimum absolute atomic E-state index is 0.154. The minimum atomic E-state index is -0.211. The molecule has 6 heteroatoms. The Morgan fingerprint density at radius 3 is 2.90 bits per heavy atom. The second-order valence-electron chi connectivity index (χ2n) is 5.08. The second-order valence-corrected chi connectivity index (χ2v) is 5.08. The van der Waals surface area contributed by atoms with E-state index in [1.54, 1.807) is 24.0 Å². The molecule has 0 bridgehead atoms. The molecule has 0 aromatic carbocycles. The van der Waals surface area contributed by atoms with E-state index in [0.717, 1.165) is 29.8 Å². The molecule has 2 rings (SSSR count). The van der Waals surface area contributed by atoms with Gasteiger partial charge in [-0.05, 0) is 37.0 Å². The summed E-state index contributed by atoms with van der Waals surface area (Å²) in [5, 5.41) is 6.79. The first-order valence-electron chi connectivity index (χ1n) is 7.04. The predicted molar refractivity (Wildman–Crippen MR) is 81.5 cm³/mol. The van der Waals surface area contributed by atoms with Crippen molar-refractivity contribution >= 4 is 5.91 Å². The van der Waals surface area contributed by atoms with Crippen molar-refractivity contribution in [1.82, 2.24) is 20.1 Å². The molecule has 1 atom stereocenters. The lowest BCUT2D eigenvalue weighted by molar-refractivity contribution is 0.0957. The zero-order chi connectivity index (χ0) is 15.4. The highest BCUT2D eigenvalue weighted by atomic mass is 16.1. The van der Waals surface area contributed by atoms with Crippen LogP contribution in [0, 0.1) is 6.92 Å². The van der Waals surface area contributed by atoms with Gasteiger partial charge in [-0.3, -0.25) is 4.79 Å². The van der Waals surface area contributed by atoms with Crippen molar-refractivity contribution in [3.05, 3.63) is 41.3 Å². The van der Waals surface area contributed by atoms with E-state index in [-0.39, 0.29) is 11.9 Å². The van der Waals surface area contributed by atoms with Gasteiger partial charge >= 0.3 is 0 Å². The fraction of sp³-hybridized carbons (Fsp3) is 0.400. The number of amides is 1. The Morgan fingerprint density at radius 1 is 1.52 bits per heavy atom. The maximum atomic E-state index is 11.5. The second kappa shape index (κ2) is 6.49. The van der Waals surface area contributed by atoms with Crippen molar-refractivity contribution in [2.75, 3.05) is 7.05 Å². The molecular weight excluding hydrogens is 266 g/mol. The zero-order valence-electron chi connectivity index (χ0n) is 12.6. The van der Waals surface area contributed by atoms with Gasteiger partial charge < -0.3 is 11.1 Å². The van der Waals surface area contributed by atoms with Gasteiger partial charge in [-0.2, -0.15) is 5.10 Å². The molecule has 0 saturated carbocycles. The number of pyridine rings is 1. The monoisotopic (exact) mass is 287 g/mol. The number of carbonyl (C=O) groups excluding carboxylic acids is 1. The first-order chi connectivity index (χ1) is 10.0. The van der Waals surface area contributed by atoms with Crippen molar-refractivity contribution in [2.24, 2.45) is 5.73 Å². The molecular formula is C15H21N5O. The molecule has 1 unspecified atom stereocenters. The van der Waals surface area contributed by atoms with Gasteiger partial charge in [-0.1, -0.05) is 13.0 Å². The molecule has 0 spiro atoms. The lowest BCUT2D eigenvalue weighted by Gasteiger charge is -2.11. The summed E-state index contributed by atoms with van der Waals surface area (Å²) < 4.78 is 1.61. The van der Waals surface area contributed by atoms with Crippen LogP contribution in [0.15, 0.2) is 24.5 Å². The van der Waals surface area contributed by atoms with Crippen molar-refractivity contribution in [2.45, 2.75) is 32.7 Å². The topological polar surface area (TPSA) is 85.8 Å². The molecule has 1 amide bonds. The Hall–Kier alpha value is -2.21. The molecule has 0 saturated heterocycles. The Balaban J connectivity index is 2.24. The average Bonchev–Trinajstić information content (AvgIpc) is 2.96. The highest BCUT2D eigenvalue weighted by Gasteiger charge is 2.11. The van der Waals surface area contributed by atoms with Crippen LogP contribution in [0.5, 0.6) is 0 Å². The molecule has 21 heavy (non-hydrogen) atoms. The highest BCUT2D eigenvalue weighted by molar-refractivity contribution is 5.91. The van der Waals surface area contributed by atoms with Gasteiger partial charge in [0.2, 0.25) is 0 Å². The number of hydrogen-bond donors (Lipinski definition) is 2. The number of nitrogens with zero attached hydrogens (tertiary/aromatic N) is 3. The fourth-order valence-electron chi connectivity index (χ4n) is 2.12. The van der Waals surface area contributed by atoms with Crippen LogP contribution in [0.25, 0.3) is 5.82 Å². The van der Waals surface area contributed by atoms with Gasteiger partial charge in [0.15, 0.2) is 11.5 Å². The minimum Gasteiger partial charge on any atom is -0.354 e. The number of aryl methyl sites for hydroxylation is 1. The number of hydrogen-bond acceptors (Lipinski definition) is 4. The molecule has 0 aliphatic carbocycles. The Kier molecular flexibility index (Phi) is 4.70. The first kappa shape index (κ1) is 15.2. The molecule has 112 valence electrons. The van der Waals surface area contributed by atoms with E-state index in [2.05, 4.69) is 28.4 Å². The molecule has 2 aromatic heterocycles. The van der Waals surface area contributed by atoms with Crippen molar-refractivity contribution in [3.8, 4) is 5.82 Å². The van der Waals surface area contributed by atoms with Crippen molar-refractivity contribution in [3.63, 3.8) is 0 Å². The van der Waals surface area contributed by atoms with Gasteiger partial charge in [0.1, 0.15) is 0 Å². The van der Waals surface area contributed by atoms with Gasteiger partial charge in [0.25, 0.3) is 5.91 Å². The third-order valence-corrected chi connectivity index (χ3v) is 3.40. The van der Waals surface area contributed by atoms with Gasteiger partial charge in [0.05, 0.1) is 0 Å². The van der Waals surface area contributed by atoms with E-state index >= 15 is 0 Å². The van der Waals surface area contributed by atoms with Crippen LogP contribution in [-0.2, 0) is 6.42 Å². The van der Waals surface area contributed by atoms with E-state index in [0.29, 0.717) is 5.69 Å². The summed E-state index contributed by atoms with van der Waals surface area (Å²) in [6.45, 7) is 4.05. The summed E-state index contributed by atoms with van der Waals surface area (Å²) in [6, 6.07) is 3.89. The molecule has 2 heterocycles. The predicted octanol–water partition coefficient (Wildman–Crippen LogP) is 1.22. The molecule has 3 N–H and O–H groups in total. The molecule has 2 aromatic rings. The van der Waals surface area contributed by atoms with Crippen LogP contribution in [0.3, 0.4) is 0 Å². The fourth-order valence-corrected chi connectivity index (χ4v) is 2.12. The average molecular weight is 287 g/mol. The number of rotatable bonds is 5. The maximum absolute atomic E-state index is 11.5. The smallest absolute Gasteiger partial charge is 0.271 e. The van der Waals surface area contributed by atoms with Crippen LogP contribution in [-0.4, -0.2) is 33.8 Å². The van der Waals surface area contributed by atoms with Crippen molar-refractivity contribution in [1.29, 1.82) is 0 Å². The zero-order valence-corrected chi connectivity index (χ0v) is 12.6. The van der Waals surface area contributed by atoms with E-state index < -0.39 is 0 Å². The lowest BCUT2D eigenvalue weighted by atomic mass is 10.1. The van der Waals surface area contributed by atoms with Crippen LogP contribution in [0.2, 0.25) is 0 Å². The van der Waals surface area contributed by atoms with Crippen LogP contribution in [0.4, 0.5) is 0 Å². The highest BCUT2D eigenvalue weighted by Crippen LogP contribution is 2.14. The normalized spacial score (nSPS) is 12.2. The SMILES string of the molecule is CCC(N)Cc1cnc(-n2ccc(C(=O)NC)n2)c(C)c1. The van der Waals surface area contributed by atoms with E-state index in [9.17, 15) is 4.79 Å². The van der Waals surface area contributed by atoms with Crippen LogP contribution >= 0.6 is 0 Å². The van der Waals surface area contributed by atoms with E-state index in [1.165, 1.54) is 0 Å². The number of nitrogens with one attached hydrogen (secondary N) is 1. The Morgan fingerprint density at radius 2 is 2.29 bits per heavy atom. The van der Waals surface area contributed by atoms with Gasteiger partial charge in [-0.25, -0.2) is 9.67 Å². The third-order valence-electron chi connectivity index (χ3n) is 3.40. The van der Waals surface area contributed by atoms with E-state index in [1.807, 2.05) is 13.1 Å². The Labute approximate surface area is 124 Å². The van der Waals surface area contributed by atoms with Crippen molar-refractivity contribution < 1.29 is 4.79 Å². The van der Waals surface area contributed by atoms with Crippen LogP contribution in [0.1, 0.15) is 35.0 Å². The molecule has 0 radical (unpaired) electrons. The molecule has 0 aliphatic rings. The molecule has 0 fully saturated rings. The summed E-state index contributed by atoms with van der Waals surface area (Å²) in [7, 11) is 1.58. The number of nitrogens with two attached hydrogens (primary N) is 1. The summed E-state index contributed by atoms with van der Waals surface area (Å²) in [5.41, 5.74) is 8.45. The van der Waals surface area contributed by atoms with E-state index in [4.69, 9.17) is 5.73 Å². The standard InChI is InChI=1S/C15H21N5O/c1-4-12(16)8-11-7-10(2)14(18-9-11)20-6-5-13(19-20)15(21)17-3/h5-7,9,12H,4,8,16H2,1-3H3,(H,17,21).